The van der Waals surface area contributed by atoms with Crippen LogP contribution in [0, 0.1) is 0 Å². The summed E-state index contributed by atoms with van der Waals surface area (Å²) in [4.78, 5) is 10.3. The SMILES string of the molecule is CN(c1cnc(-c2cc3ccncc3cc2O)nn1)[C@@H]1C[C@H]2CCC[C@H](N2)[C@H]1F. The van der Waals surface area contributed by atoms with Gasteiger partial charge in [-0.05, 0) is 42.8 Å². The van der Waals surface area contributed by atoms with E-state index in [4.69, 9.17) is 0 Å². The number of aromatic nitrogens is 4. The van der Waals surface area contributed by atoms with Gasteiger partial charge in [0.15, 0.2) is 11.6 Å². The lowest BCUT2D eigenvalue weighted by Gasteiger charge is -2.45. The van der Waals surface area contributed by atoms with E-state index in [-0.39, 0.29) is 17.8 Å². The minimum absolute atomic E-state index is 0.0726. The first kappa shape index (κ1) is 18.2. The van der Waals surface area contributed by atoms with Gasteiger partial charge in [-0.2, -0.15) is 0 Å². The number of nitrogens with zero attached hydrogens (tertiary/aromatic N) is 5. The van der Waals surface area contributed by atoms with Crippen LogP contribution in [0.4, 0.5) is 10.2 Å². The number of hydrogen-bond acceptors (Lipinski definition) is 7. The van der Waals surface area contributed by atoms with E-state index in [9.17, 15) is 9.50 Å². The number of rotatable bonds is 3. The predicted molar refractivity (Wildman–Crippen MR) is 108 cm³/mol. The van der Waals surface area contributed by atoms with Crippen LogP contribution in [0.1, 0.15) is 25.7 Å². The van der Waals surface area contributed by atoms with Gasteiger partial charge >= 0.3 is 0 Å². The number of phenolic OH excluding ortho intramolecular Hbond substituents is 1. The minimum Gasteiger partial charge on any atom is -0.507 e. The van der Waals surface area contributed by atoms with E-state index in [1.165, 1.54) is 0 Å². The van der Waals surface area contributed by atoms with Crippen molar-refractivity contribution in [2.75, 3.05) is 11.9 Å². The molecule has 29 heavy (non-hydrogen) atoms. The molecular weight excluding hydrogens is 371 g/mol. The topological polar surface area (TPSA) is 87.1 Å². The number of benzene rings is 1. The third-order valence-electron chi connectivity index (χ3n) is 6.20. The quantitative estimate of drug-likeness (QED) is 0.706. The number of piperidine rings is 2. The van der Waals surface area contributed by atoms with E-state index in [1.54, 1.807) is 24.7 Å². The minimum atomic E-state index is -0.948. The van der Waals surface area contributed by atoms with Crippen molar-refractivity contribution in [3.63, 3.8) is 0 Å². The molecule has 3 aromatic rings. The summed E-state index contributed by atoms with van der Waals surface area (Å²) in [5.74, 6) is 0.937. The molecule has 2 aliphatic rings. The van der Waals surface area contributed by atoms with Crippen LogP contribution in [0.15, 0.2) is 36.8 Å². The van der Waals surface area contributed by atoms with Gasteiger partial charge in [-0.25, -0.2) is 9.37 Å². The molecule has 2 aliphatic heterocycles. The van der Waals surface area contributed by atoms with Crippen LogP contribution in [0.5, 0.6) is 5.75 Å². The van der Waals surface area contributed by atoms with Crippen molar-refractivity contribution in [1.82, 2.24) is 25.5 Å². The molecule has 2 fully saturated rings. The molecule has 2 aromatic heterocycles. The normalized spacial score (nSPS) is 26.4. The maximum absolute atomic E-state index is 15.0. The summed E-state index contributed by atoms with van der Waals surface area (Å²) in [6, 6.07) is 5.36. The third kappa shape index (κ3) is 3.27. The summed E-state index contributed by atoms with van der Waals surface area (Å²) in [7, 11) is 1.85. The number of halogens is 1. The van der Waals surface area contributed by atoms with Crippen molar-refractivity contribution < 1.29 is 9.50 Å². The lowest BCUT2D eigenvalue weighted by atomic mass is 9.82. The molecule has 7 nitrogen and oxygen atoms in total. The van der Waals surface area contributed by atoms with Gasteiger partial charge in [0.25, 0.3) is 0 Å². The van der Waals surface area contributed by atoms with Gasteiger partial charge in [-0.15, -0.1) is 10.2 Å². The summed E-state index contributed by atoms with van der Waals surface area (Å²) in [5, 5.41) is 24.0. The molecule has 0 spiro atoms. The fourth-order valence-electron chi connectivity index (χ4n) is 4.58. The molecule has 0 radical (unpaired) electrons. The Morgan fingerprint density at radius 2 is 2.07 bits per heavy atom. The molecule has 0 amide bonds. The van der Waals surface area contributed by atoms with Gasteiger partial charge in [0, 0.05) is 36.9 Å². The van der Waals surface area contributed by atoms with Crippen LogP contribution in [0.3, 0.4) is 0 Å². The van der Waals surface area contributed by atoms with Crippen molar-refractivity contribution in [1.29, 1.82) is 0 Å². The highest BCUT2D eigenvalue weighted by Crippen LogP contribution is 2.33. The van der Waals surface area contributed by atoms with Gasteiger partial charge in [0.05, 0.1) is 17.8 Å². The Labute approximate surface area is 168 Å². The monoisotopic (exact) mass is 394 g/mol. The van der Waals surface area contributed by atoms with Crippen molar-refractivity contribution >= 4 is 16.6 Å². The van der Waals surface area contributed by atoms with Crippen LogP contribution < -0.4 is 10.2 Å². The van der Waals surface area contributed by atoms with E-state index in [0.29, 0.717) is 23.2 Å². The Morgan fingerprint density at radius 3 is 2.90 bits per heavy atom. The molecule has 0 unspecified atom stereocenters. The van der Waals surface area contributed by atoms with Crippen molar-refractivity contribution in [3.05, 3.63) is 36.8 Å². The second-order valence-electron chi connectivity index (χ2n) is 7.99. The first-order chi connectivity index (χ1) is 14.1. The van der Waals surface area contributed by atoms with E-state index in [0.717, 1.165) is 36.5 Å². The smallest absolute Gasteiger partial charge is 0.185 e. The number of alkyl halides is 1. The molecular formula is C21H23FN6O. The second-order valence-corrected chi connectivity index (χ2v) is 7.99. The zero-order chi connectivity index (χ0) is 20.0. The summed E-state index contributed by atoms with van der Waals surface area (Å²) in [6.07, 6.45) is 7.84. The van der Waals surface area contributed by atoms with Crippen molar-refractivity contribution in [2.45, 2.75) is 50.0 Å². The summed E-state index contributed by atoms with van der Waals surface area (Å²) < 4.78 is 15.0. The van der Waals surface area contributed by atoms with Crippen molar-refractivity contribution in [2.24, 2.45) is 0 Å². The maximum Gasteiger partial charge on any atom is 0.185 e. The molecule has 2 saturated heterocycles. The molecule has 5 rings (SSSR count). The Morgan fingerprint density at radius 1 is 1.17 bits per heavy atom. The third-order valence-corrected chi connectivity index (χ3v) is 6.20. The van der Waals surface area contributed by atoms with Gasteiger partial charge in [-0.1, -0.05) is 6.42 Å². The van der Waals surface area contributed by atoms with E-state index >= 15 is 0 Å². The van der Waals surface area contributed by atoms with Crippen LogP contribution in [-0.2, 0) is 0 Å². The van der Waals surface area contributed by atoms with E-state index in [1.807, 2.05) is 24.1 Å². The van der Waals surface area contributed by atoms with Gasteiger partial charge < -0.3 is 15.3 Å². The molecule has 0 aliphatic carbocycles. The highest BCUT2D eigenvalue weighted by molar-refractivity contribution is 5.88. The van der Waals surface area contributed by atoms with Gasteiger partial charge in [0.1, 0.15) is 11.9 Å². The standard InChI is InChI=1S/C21H23FN6O/c1-28(17-9-14-3-2-4-16(25-14)20(17)22)19-11-24-21(27-26-19)15-7-12-5-6-23-10-13(12)8-18(15)29/h5-8,10-11,14,16-17,20,25,29H,2-4,9H2,1H3/t14-,16+,17-,20-/m1/s1. The van der Waals surface area contributed by atoms with Crippen LogP contribution in [0.25, 0.3) is 22.2 Å². The largest absolute Gasteiger partial charge is 0.507 e. The molecule has 4 atom stereocenters. The highest BCUT2D eigenvalue weighted by atomic mass is 19.1. The summed E-state index contributed by atoms with van der Waals surface area (Å²) in [5.41, 5.74) is 0.505. The van der Waals surface area contributed by atoms with E-state index < -0.39 is 6.17 Å². The lowest BCUT2D eigenvalue weighted by Crippen LogP contribution is -2.61. The summed E-state index contributed by atoms with van der Waals surface area (Å²) >= 11 is 0. The molecule has 1 aromatic carbocycles. The number of nitrogens with one attached hydrogen (secondary N) is 1. The zero-order valence-corrected chi connectivity index (χ0v) is 16.2. The lowest BCUT2D eigenvalue weighted by molar-refractivity contribution is 0.107. The van der Waals surface area contributed by atoms with Crippen LogP contribution >= 0.6 is 0 Å². The first-order valence-electron chi connectivity index (χ1n) is 10.00. The van der Waals surface area contributed by atoms with Gasteiger partial charge in [-0.3, -0.25) is 4.98 Å². The van der Waals surface area contributed by atoms with Crippen molar-refractivity contribution in [3.8, 4) is 17.1 Å². The number of anilines is 1. The van der Waals surface area contributed by atoms with Gasteiger partial charge in [0.2, 0.25) is 0 Å². The first-order valence-corrected chi connectivity index (χ1v) is 10.00. The molecule has 2 bridgehead atoms. The number of fused-ring (bicyclic) bond motifs is 3. The Bertz CT molecular complexity index is 1030. The molecule has 2 N–H and O–H groups in total. The number of hydrogen-bond donors (Lipinski definition) is 2. The number of pyridine rings is 1. The van der Waals surface area contributed by atoms with Crippen LogP contribution in [0.2, 0.25) is 0 Å². The summed E-state index contributed by atoms with van der Waals surface area (Å²) in [6.45, 7) is 0. The molecule has 150 valence electrons. The molecule has 0 saturated carbocycles. The number of phenols is 1. The average molecular weight is 394 g/mol. The predicted octanol–water partition coefficient (Wildman–Crippen LogP) is 2.85. The van der Waals surface area contributed by atoms with Crippen LogP contribution in [-0.4, -0.2) is 56.6 Å². The maximum atomic E-state index is 15.0. The average Bonchev–Trinajstić information content (AvgIpc) is 2.76. The molecule has 4 heterocycles. The molecule has 8 heteroatoms. The highest BCUT2D eigenvalue weighted by Gasteiger charge is 2.42. The Balaban J connectivity index is 1.41. The fourth-order valence-corrected chi connectivity index (χ4v) is 4.58. The zero-order valence-electron chi connectivity index (χ0n) is 16.2. The van der Waals surface area contributed by atoms with E-state index in [2.05, 4.69) is 25.5 Å². The Kier molecular flexibility index (Phi) is 4.50. The fraction of sp³-hybridized carbons (Fsp3) is 0.429. The Hall–Kier alpha value is -2.87. The number of aromatic hydroxyl groups is 1. The second kappa shape index (κ2) is 7.18.